The van der Waals surface area contributed by atoms with Crippen LogP contribution in [0.3, 0.4) is 0 Å². The molecule has 186 valence electrons. The summed E-state index contributed by atoms with van der Waals surface area (Å²) in [5.41, 5.74) is 1.08. The Morgan fingerprint density at radius 3 is 2.35 bits per heavy atom. The molecule has 1 fully saturated rings. The van der Waals surface area contributed by atoms with E-state index in [0.29, 0.717) is 36.2 Å². The quantitative estimate of drug-likeness (QED) is 0.461. The largest absolute Gasteiger partial charge is 0.465 e. The number of piperazine rings is 1. The third-order valence-electron chi connectivity index (χ3n) is 5.49. The van der Waals surface area contributed by atoms with Gasteiger partial charge in [0.25, 0.3) is 0 Å². The maximum atomic E-state index is 12.8. The molecule has 2 aromatic rings. The number of carbonyl (C=O) groups is 2. The molecule has 1 amide bonds. The summed E-state index contributed by atoms with van der Waals surface area (Å²) in [6.07, 6.45) is 1.33. The van der Waals surface area contributed by atoms with Crippen LogP contribution in [-0.2, 0) is 14.2 Å². The van der Waals surface area contributed by atoms with Crippen molar-refractivity contribution in [2.45, 2.75) is 52.3 Å². The van der Waals surface area contributed by atoms with Gasteiger partial charge in [0.05, 0.1) is 36.9 Å². The summed E-state index contributed by atoms with van der Waals surface area (Å²) in [6, 6.07) is 3.54. The van der Waals surface area contributed by atoms with Gasteiger partial charge in [0.15, 0.2) is 0 Å². The maximum Gasteiger partial charge on any atom is 0.410 e. The Morgan fingerprint density at radius 1 is 1.09 bits per heavy atom. The first-order valence-corrected chi connectivity index (χ1v) is 11.3. The molecule has 0 spiro atoms. The number of nitrogens with zero attached hydrogens (tertiary/aromatic N) is 4. The second-order valence-corrected chi connectivity index (χ2v) is 9.37. The van der Waals surface area contributed by atoms with Crippen molar-refractivity contribution in [2.24, 2.45) is 0 Å². The molecule has 0 aliphatic carbocycles. The first-order valence-electron chi connectivity index (χ1n) is 11.3. The molecular weight excluding hydrogens is 440 g/mol. The summed E-state index contributed by atoms with van der Waals surface area (Å²) in [6.45, 7) is 11.4. The molecular formula is C24H34N4O6. The van der Waals surface area contributed by atoms with Gasteiger partial charge in [-0.1, -0.05) is 0 Å². The fourth-order valence-corrected chi connectivity index (χ4v) is 4.12. The topological polar surface area (TPSA) is 103 Å². The van der Waals surface area contributed by atoms with Gasteiger partial charge < -0.3 is 23.8 Å². The van der Waals surface area contributed by atoms with E-state index in [4.69, 9.17) is 18.9 Å². The number of hydrogen-bond acceptors (Lipinski definition) is 9. The molecule has 0 N–H and O–H groups in total. The number of esters is 1. The Kier molecular flexibility index (Phi) is 7.81. The molecule has 2 atom stereocenters. The normalized spacial score (nSPS) is 18.7. The maximum absolute atomic E-state index is 12.8. The zero-order valence-electron chi connectivity index (χ0n) is 21.0. The molecule has 1 aromatic heterocycles. The van der Waals surface area contributed by atoms with E-state index in [1.54, 1.807) is 24.3 Å². The molecule has 1 aliphatic heterocycles. The van der Waals surface area contributed by atoms with E-state index in [-0.39, 0.29) is 30.8 Å². The SMILES string of the molecule is COCCOc1ncc2c(N3C[C@H](C)N(C(=O)OC(C)(C)C)[C@@H](C)C3)ccc(C(=O)OC)c2n1. The number of hydrogen-bond donors (Lipinski definition) is 0. The van der Waals surface area contributed by atoms with Crippen molar-refractivity contribution in [3.63, 3.8) is 0 Å². The van der Waals surface area contributed by atoms with Gasteiger partial charge in [0.1, 0.15) is 12.2 Å². The molecule has 1 saturated heterocycles. The van der Waals surface area contributed by atoms with Crippen LogP contribution in [0.5, 0.6) is 6.01 Å². The van der Waals surface area contributed by atoms with Gasteiger partial charge in [0.2, 0.25) is 0 Å². The number of carbonyl (C=O) groups excluding carboxylic acids is 2. The third kappa shape index (κ3) is 5.67. The van der Waals surface area contributed by atoms with Crippen molar-refractivity contribution in [3.8, 4) is 6.01 Å². The predicted octanol–water partition coefficient (Wildman–Crippen LogP) is 3.28. The number of aromatic nitrogens is 2. The first kappa shape index (κ1) is 25.5. The highest BCUT2D eigenvalue weighted by Crippen LogP contribution is 2.32. The molecule has 0 bridgehead atoms. The molecule has 2 heterocycles. The highest BCUT2D eigenvalue weighted by molar-refractivity contribution is 6.06. The lowest BCUT2D eigenvalue weighted by Gasteiger charge is -2.45. The van der Waals surface area contributed by atoms with Crippen molar-refractivity contribution < 1.29 is 28.5 Å². The summed E-state index contributed by atoms with van der Waals surface area (Å²) >= 11 is 0. The molecule has 3 rings (SSSR count). The van der Waals surface area contributed by atoms with Crippen LogP contribution >= 0.6 is 0 Å². The summed E-state index contributed by atoms with van der Waals surface area (Å²) in [4.78, 5) is 38.0. The van der Waals surface area contributed by atoms with Gasteiger partial charge in [0, 0.05) is 37.5 Å². The smallest absolute Gasteiger partial charge is 0.410 e. The van der Waals surface area contributed by atoms with Gasteiger partial charge in [-0.2, -0.15) is 4.98 Å². The van der Waals surface area contributed by atoms with Crippen LogP contribution in [0.25, 0.3) is 10.9 Å². The summed E-state index contributed by atoms with van der Waals surface area (Å²) in [7, 11) is 2.91. The molecule has 10 nitrogen and oxygen atoms in total. The van der Waals surface area contributed by atoms with Crippen LogP contribution in [0.4, 0.5) is 10.5 Å². The van der Waals surface area contributed by atoms with Crippen LogP contribution < -0.4 is 9.64 Å². The minimum absolute atomic E-state index is 0.0912. The summed E-state index contributed by atoms with van der Waals surface area (Å²) < 4.78 is 21.1. The third-order valence-corrected chi connectivity index (χ3v) is 5.49. The Hall–Kier alpha value is -3.14. The molecule has 0 radical (unpaired) electrons. The van der Waals surface area contributed by atoms with Gasteiger partial charge in [-0.05, 0) is 46.8 Å². The van der Waals surface area contributed by atoms with E-state index >= 15 is 0 Å². The molecule has 34 heavy (non-hydrogen) atoms. The van der Waals surface area contributed by atoms with Crippen LogP contribution in [0.2, 0.25) is 0 Å². The fraction of sp³-hybridized carbons (Fsp3) is 0.583. The number of methoxy groups -OCH3 is 2. The van der Waals surface area contributed by atoms with E-state index in [1.165, 1.54) is 7.11 Å². The summed E-state index contributed by atoms with van der Waals surface area (Å²) in [5.74, 6) is -0.491. The molecule has 0 unspecified atom stereocenters. The van der Waals surface area contributed by atoms with Gasteiger partial charge in [-0.15, -0.1) is 0 Å². The standard InChI is InChI=1S/C24H34N4O6/c1-15-13-27(14-16(2)28(15)23(30)34-24(3,4)5)19-9-8-17(21(29)32-7)20-18(19)12-25-22(26-20)33-11-10-31-6/h8-9,12,15-16H,10-11,13-14H2,1-7H3/t15-,16-/m0/s1. The average Bonchev–Trinajstić information content (AvgIpc) is 2.76. The molecule has 1 aliphatic rings. The molecule has 10 heteroatoms. The number of benzene rings is 1. The average molecular weight is 475 g/mol. The van der Waals surface area contributed by atoms with E-state index < -0.39 is 11.6 Å². The monoisotopic (exact) mass is 474 g/mol. The number of rotatable bonds is 6. The lowest BCUT2D eigenvalue weighted by molar-refractivity contribution is 0.00565. The van der Waals surface area contributed by atoms with Crippen LogP contribution in [0, 0.1) is 0 Å². The Morgan fingerprint density at radius 2 is 1.76 bits per heavy atom. The van der Waals surface area contributed by atoms with Crippen molar-refractivity contribution in [1.29, 1.82) is 0 Å². The number of fused-ring (bicyclic) bond motifs is 1. The van der Waals surface area contributed by atoms with E-state index in [1.807, 2.05) is 40.7 Å². The number of amides is 1. The van der Waals surface area contributed by atoms with Gasteiger partial charge in [-0.25, -0.2) is 14.6 Å². The lowest BCUT2D eigenvalue weighted by atomic mass is 10.0. The minimum Gasteiger partial charge on any atom is -0.465 e. The summed E-state index contributed by atoms with van der Waals surface area (Å²) in [5, 5.41) is 0.701. The molecule has 1 aromatic carbocycles. The zero-order valence-corrected chi connectivity index (χ0v) is 21.0. The van der Waals surface area contributed by atoms with Crippen molar-refractivity contribution in [2.75, 3.05) is 45.4 Å². The number of ether oxygens (including phenoxy) is 4. The van der Waals surface area contributed by atoms with E-state index in [9.17, 15) is 9.59 Å². The Balaban J connectivity index is 1.93. The molecule has 0 saturated carbocycles. The van der Waals surface area contributed by atoms with Crippen LogP contribution in [-0.4, -0.2) is 85.1 Å². The Labute approximate surface area is 200 Å². The van der Waals surface area contributed by atoms with Gasteiger partial charge in [-0.3, -0.25) is 4.90 Å². The van der Waals surface area contributed by atoms with E-state index in [0.717, 1.165) is 5.69 Å². The minimum atomic E-state index is -0.562. The predicted molar refractivity (Wildman–Crippen MR) is 127 cm³/mol. The van der Waals surface area contributed by atoms with Crippen LogP contribution in [0.1, 0.15) is 45.0 Å². The van der Waals surface area contributed by atoms with Crippen molar-refractivity contribution in [1.82, 2.24) is 14.9 Å². The Bertz CT molecular complexity index is 1030. The zero-order chi connectivity index (χ0) is 25.0. The highest BCUT2D eigenvalue weighted by atomic mass is 16.6. The highest BCUT2D eigenvalue weighted by Gasteiger charge is 2.36. The fourth-order valence-electron chi connectivity index (χ4n) is 4.12. The lowest BCUT2D eigenvalue weighted by Crippen LogP contribution is -2.59. The van der Waals surface area contributed by atoms with Crippen molar-refractivity contribution in [3.05, 3.63) is 23.9 Å². The van der Waals surface area contributed by atoms with Gasteiger partial charge >= 0.3 is 18.1 Å². The van der Waals surface area contributed by atoms with Crippen LogP contribution in [0.15, 0.2) is 18.3 Å². The van der Waals surface area contributed by atoms with E-state index in [2.05, 4.69) is 14.9 Å². The second-order valence-electron chi connectivity index (χ2n) is 9.37. The number of anilines is 1. The first-order chi connectivity index (χ1) is 16.1. The second kappa shape index (κ2) is 10.4. The van der Waals surface area contributed by atoms with Crippen molar-refractivity contribution >= 4 is 28.7 Å².